The molecule has 1 saturated carbocycles. The van der Waals surface area contributed by atoms with Crippen molar-refractivity contribution in [1.82, 2.24) is 9.13 Å². The molecule has 1 N–H and O–H groups in total. The molecule has 5 nitrogen and oxygen atoms in total. The standard InChI is InChI=1S/C10H16N2O3/c13-6-8-15-7-5-11-3-4-12(10(11)14)9-1-2-9/h3-4,9,13H,1-2,5-8H2. The van der Waals surface area contributed by atoms with Gasteiger partial charge in [-0.3, -0.25) is 9.13 Å². The zero-order valence-electron chi connectivity index (χ0n) is 8.63. The van der Waals surface area contributed by atoms with E-state index >= 15 is 0 Å². The third kappa shape index (κ3) is 2.49. The molecule has 0 radical (unpaired) electrons. The molecule has 0 unspecified atom stereocenters. The summed E-state index contributed by atoms with van der Waals surface area (Å²) in [7, 11) is 0. The van der Waals surface area contributed by atoms with Crippen LogP contribution in [-0.4, -0.2) is 34.1 Å². The lowest BCUT2D eigenvalue weighted by atomic mass is 10.6. The number of rotatable bonds is 6. The monoisotopic (exact) mass is 212 g/mol. The Kier molecular flexibility index (Phi) is 3.23. The van der Waals surface area contributed by atoms with Crippen LogP contribution in [0.25, 0.3) is 0 Å². The highest BCUT2D eigenvalue weighted by molar-refractivity contribution is 4.91. The van der Waals surface area contributed by atoms with Crippen molar-refractivity contribution in [3.8, 4) is 0 Å². The SMILES string of the molecule is O=c1n(CCOCCO)ccn1C1CC1. The Morgan fingerprint density at radius 3 is 2.87 bits per heavy atom. The van der Waals surface area contributed by atoms with E-state index in [9.17, 15) is 4.79 Å². The Balaban J connectivity index is 1.88. The molecule has 84 valence electrons. The van der Waals surface area contributed by atoms with Crippen molar-refractivity contribution in [2.45, 2.75) is 25.4 Å². The van der Waals surface area contributed by atoms with E-state index in [-0.39, 0.29) is 12.3 Å². The van der Waals surface area contributed by atoms with Gasteiger partial charge in [-0.05, 0) is 12.8 Å². The van der Waals surface area contributed by atoms with Crippen LogP contribution in [-0.2, 0) is 11.3 Å². The first-order valence-corrected chi connectivity index (χ1v) is 5.29. The van der Waals surface area contributed by atoms with Gasteiger partial charge < -0.3 is 9.84 Å². The fourth-order valence-electron chi connectivity index (χ4n) is 1.56. The van der Waals surface area contributed by atoms with Crippen LogP contribution in [0.1, 0.15) is 18.9 Å². The number of hydrogen-bond donors (Lipinski definition) is 1. The lowest BCUT2D eigenvalue weighted by Crippen LogP contribution is -2.25. The number of aliphatic hydroxyl groups excluding tert-OH is 1. The average molecular weight is 212 g/mol. The van der Waals surface area contributed by atoms with Crippen molar-refractivity contribution in [2.75, 3.05) is 19.8 Å². The predicted octanol–water partition coefficient (Wildman–Crippen LogP) is -0.00640. The van der Waals surface area contributed by atoms with Crippen molar-refractivity contribution in [3.63, 3.8) is 0 Å². The van der Waals surface area contributed by atoms with E-state index in [1.54, 1.807) is 15.3 Å². The van der Waals surface area contributed by atoms with E-state index < -0.39 is 0 Å². The van der Waals surface area contributed by atoms with Crippen LogP contribution in [0.2, 0.25) is 0 Å². The zero-order chi connectivity index (χ0) is 10.7. The van der Waals surface area contributed by atoms with Crippen molar-refractivity contribution >= 4 is 0 Å². The molecule has 0 saturated heterocycles. The molecule has 0 spiro atoms. The van der Waals surface area contributed by atoms with Gasteiger partial charge in [0.1, 0.15) is 0 Å². The Morgan fingerprint density at radius 2 is 2.20 bits per heavy atom. The van der Waals surface area contributed by atoms with Gasteiger partial charge in [0.15, 0.2) is 0 Å². The Morgan fingerprint density at radius 1 is 1.40 bits per heavy atom. The topological polar surface area (TPSA) is 56.4 Å². The smallest absolute Gasteiger partial charge is 0.328 e. The summed E-state index contributed by atoms with van der Waals surface area (Å²) in [5.41, 5.74) is 0.0464. The first-order valence-electron chi connectivity index (χ1n) is 5.29. The minimum absolute atomic E-state index is 0.0258. The molecule has 1 aliphatic rings. The van der Waals surface area contributed by atoms with Crippen LogP contribution in [0.4, 0.5) is 0 Å². The minimum atomic E-state index is 0.0258. The molecule has 1 aromatic rings. The number of imidazole rings is 1. The lowest BCUT2D eigenvalue weighted by Gasteiger charge is -2.02. The maximum Gasteiger partial charge on any atom is 0.328 e. The summed E-state index contributed by atoms with van der Waals surface area (Å²) in [5, 5.41) is 8.51. The number of aliphatic hydroxyl groups is 1. The van der Waals surface area contributed by atoms with Crippen LogP contribution < -0.4 is 5.69 Å². The maximum absolute atomic E-state index is 11.7. The molecule has 2 rings (SSSR count). The molecule has 1 aromatic heterocycles. The molecule has 0 aromatic carbocycles. The highest BCUT2D eigenvalue weighted by Gasteiger charge is 2.25. The van der Waals surface area contributed by atoms with E-state index in [0.717, 1.165) is 12.8 Å². The summed E-state index contributed by atoms with van der Waals surface area (Å²) >= 11 is 0. The largest absolute Gasteiger partial charge is 0.394 e. The van der Waals surface area contributed by atoms with Crippen molar-refractivity contribution in [2.24, 2.45) is 0 Å². The molecular formula is C10H16N2O3. The quantitative estimate of drug-likeness (QED) is 0.675. The number of aromatic nitrogens is 2. The van der Waals surface area contributed by atoms with E-state index in [4.69, 9.17) is 9.84 Å². The first kappa shape index (κ1) is 10.4. The van der Waals surface area contributed by atoms with Crippen LogP contribution in [0.15, 0.2) is 17.2 Å². The van der Waals surface area contributed by atoms with Crippen LogP contribution in [0.3, 0.4) is 0 Å². The molecular weight excluding hydrogens is 196 g/mol. The van der Waals surface area contributed by atoms with Crippen LogP contribution in [0.5, 0.6) is 0 Å². The predicted molar refractivity (Wildman–Crippen MR) is 54.9 cm³/mol. The van der Waals surface area contributed by atoms with Gasteiger partial charge in [0, 0.05) is 18.4 Å². The second kappa shape index (κ2) is 4.63. The minimum Gasteiger partial charge on any atom is -0.394 e. The normalized spacial score (nSPS) is 15.8. The second-order valence-corrected chi connectivity index (χ2v) is 3.75. The van der Waals surface area contributed by atoms with Gasteiger partial charge in [-0.25, -0.2) is 4.79 Å². The third-order valence-corrected chi connectivity index (χ3v) is 2.53. The van der Waals surface area contributed by atoms with Gasteiger partial charge in [-0.1, -0.05) is 0 Å². The van der Waals surface area contributed by atoms with Gasteiger partial charge in [0.25, 0.3) is 0 Å². The molecule has 0 bridgehead atoms. The van der Waals surface area contributed by atoms with E-state index in [0.29, 0.717) is 25.8 Å². The third-order valence-electron chi connectivity index (χ3n) is 2.53. The zero-order valence-corrected chi connectivity index (χ0v) is 8.63. The van der Waals surface area contributed by atoms with Gasteiger partial charge in [0.2, 0.25) is 0 Å². The Labute approximate surface area is 87.9 Å². The number of hydrogen-bond acceptors (Lipinski definition) is 3. The van der Waals surface area contributed by atoms with Crippen molar-refractivity contribution < 1.29 is 9.84 Å². The summed E-state index contributed by atoms with van der Waals surface area (Å²) in [6, 6.07) is 0.428. The maximum atomic E-state index is 11.7. The molecule has 5 heteroatoms. The summed E-state index contributed by atoms with van der Waals surface area (Å²) in [6.45, 7) is 1.38. The van der Waals surface area contributed by atoms with Crippen molar-refractivity contribution in [1.29, 1.82) is 0 Å². The molecule has 1 heterocycles. The van der Waals surface area contributed by atoms with Crippen LogP contribution >= 0.6 is 0 Å². The highest BCUT2D eigenvalue weighted by atomic mass is 16.5. The van der Waals surface area contributed by atoms with E-state index in [1.807, 2.05) is 6.20 Å². The number of nitrogens with zero attached hydrogens (tertiary/aromatic N) is 2. The van der Waals surface area contributed by atoms with Gasteiger partial charge >= 0.3 is 5.69 Å². The summed E-state index contributed by atoms with van der Waals surface area (Å²) in [6.07, 6.45) is 5.87. The van der Waals surface area contributed by atoms with E-state index in [1.165, 1.54) is 0 Å². The fourth-order valence-corrected chi connectivity index (χ4v) is 1.56. The summed E-state index contributed by atoms with van der Waals surface area (Å²) in [4.78, 5) is 11.7. The second-order valence-electron chi connectivity index (χ2n) is 3.75. The first-order chi connectivity index (χ1) is 7.33. The molecule has 0 amide bonds. The summed E-state index contributed by atoms with van der Waals surface area (Å²) in [5.74, 6) is 0. The lowest BCUT2D eigenvalue weighted by molar-refractivity contribution is 0.0865. The van der Waals surface area contributed by atoms with Gasteiger partial charge in [-0.15, -0.1) is 0 Å². The highest BCUT2D eigenvalue weighted by Crippen LogP contribution is 2.33. The molecule has 15 heavy (non-hydrogen) atoms. The molecule has 0 aliphatic heterocycles. The number of ether oxygens (including phenoxy) is 1. The molecule has 1 aliphatic carbocycles. The van der Waals surface area contributed by atoms with Gasteiger partial charge in [-0.2, -0.15) is 0 Å². The summed E-state index contributed by atoms with van der Waals surface area (Å²) < 4.78 is 8.54. The van der Waals surface area contributed by atoms with Crippen molar-refractivity contribution in [3.05, 3.63) is 22.9 Å². The Bertz CT molecular complexity index is 365. The average Bonchev–Trinajstić information content (AvgIpc) is 3.00. The molecule has 0 atom stereocenters. The molecule has 1 fully saturated rings. The van der Waals surface area contributed by atoms with Gasteiger partial charge in [0.05, 0.1) is 26.4 Å². The van der Waals surface area contributed by atoms with Crippen LogP contribution in [0, 0.1) is 0 Å². The fraction of sp³-hybridized carbons (Fsp3) is 0.700. The van der Waals surface area contributed by atoms with E-state index in [2.05, 4.69) is 0 Å². The Hall–Kier alpha value is -1.07.